The van der Waals surface area contributed by atoms with Crippen LogP contribution in [0.4, 0.5) is 0 Å². The summed E-state index contributed by atoms with van der Waals surface area (Å²) in [5.74, 6) is 0.0622. The van der Waals surface area contributed by atoms with Crippen molar-refractivity contribution >= 4 is 11.8 Å². The quantitative estimate of drug-likeness (QED) is 0.292. The molecule has 0 aromatic heterocycles. The van der Waals surface area contributed by atoms with E-state index < -0.39 is 0 Å². The molecule has 76 valence electrons. The zero-order valence-electron chi connectivity index (χ0n) is 8.38. The minimum absolute atomic E-state index is 0.109. The number of carbonyl (C=O) groups is 1. The Morgan fingerprint density at radius 1 is 1.46 bits per heavy atom. The van der Waals surface area contributed by atoms with E-state index in [1.165, 1.54) is 0 Å². The summed E-state index contributed by atoms with van der Waals surface area (Å²) in [4.78, 5) is 14.9. The lowest BCUT2D eigenvalue weighted by Crippen LogP contribution is -2.19. The molecule has 0 radical (unpaired) electrons. The lowest BCUT2D eigenvalue weighted by molar-refractivity contribution is -0.142. The Kier molecular flexibility index (Phi) is 6.96. The Hall–Kier alpha value is -1.06. The molecule has 0 amide bonds. The number of ether oxygens (including phenoxy) is 1. The summed E-state index contributed by atoms with van der Waals surface area (Å²) in [5, 5.41) is 0. The number of unbranched alkanes of at least 4 members (excludes halogenated alkanes) is 1. The molecular weight excluding hydrogens is 168 g/mol. The minimum Gasteiger partial charge on any atom is -0.465 e. The summed E-state index contributed by atoms with van der Waals surface area (Å²) >= 11 is 0. The van der Waals surface area contributed by atoms with Gasteiger partial charge < -0.3 is 10.5 Å². The molecular formula is C9H18N2O2. The van der Waals surface area contributed by atoms with Crippen LogP contribution in [0.25, 0.3) is 0 Å². The van der Waals surface area contributed by atoms with Gasteiger partial charge in [-0.05, 0) is 13.3 Å². The molecule has 0 spiro atoms. The van der Waals surface area contributed by atoms with Crippen LogP contribution in [0.5, 0.6) is 0 Å². The maximum absolute atomic E-state index is 11.0. The zero-order valence-corrected chi connectivity index (χ0v) is 8.38. The number of esters is 1. The van der Waals surface area contributed by atoms with Crippen LogP contribution in [0.3, 0.4) is 0 Å². The molecule has 0 atom stereocenters. The first-order valence-electron chi connectivity index (χ1n) is 4.65. The second-order valence-corrected chi connectivity index (χ2v) is 2.72. The van der Waals surface area contributed by atoms with E-state index in [0.717, 1.165) is 12.8 Å². The molecule has 0 aromatic carbocycles. The van der Waals surface area contributed by atoms with Crippen molar-refractivity contribution in [1.29, 1.82) is 0 Å². The Morgan fingerprint density at radius 2 is 2.15 bits per heavy atom. The Labute approximate surface area is 79.2 Å². The van der Waals surface area contributed by atoms with Gasteiger partial charge >= 0.3 is 5.97 Å². The number of aliphatic imine (C=N–C) groups is 1. The first-order valence-corrected chi connectivity index (χ1v) is 4.65. The van der Waals surface area contributed by atoms with E-state index >= 15 is 0 Å². The normalized spacial score (nSPS) is 11.4. The summed E-state index contributed by atoms with van der Waals surface area (Å²) in [6.45, 7) is 5.00. The van der Waals surface area contributed by atoms with Gasteiger partial charge in [-0.1, -0.05) is 13.3 Å². The topological polar surface area (TPSA) is 64.7 Å². The maximum Gasteiger partial charge on any atom is 0.313 e. The fraction of sp³-hybridized carbons (Fsp3) is 0.778. The summed E-state index contributed by atoms with van der Waals surface area (Å²) in [7, 11) is 0. The minimum atomic E-state index is -0.289. The first kappa shape index (κ1) is 11.9. The van der Waals surface area contributed by atoms with Gasteiger partial charge in [0.2, 0.25) is 0 Å². The molecule has 0 saturated heterocycles. The smallest absolute Gasteiger partial charge is 0.313 e. The molecule has 0 heterocycles. The van der Waals surface area contributed by atoms with Crippen molar-refractivity contribution in [3.63, 3.8) is 0 Å². The molecule has 0 aliphatic carbocycles. The number of hydrogen-bond acceptors (Lipinski definition) is 3. The average Bonchev–Trinajstić information content (AvgIpc) is 2.05. The van der Waals surface area contributed by atoms with Gasteiger partial charge in [0, 0.05) is 6.54 Å². The van der Waals surface area contributed by atoms with Crippen molar-refractivity contribution in [2.75, 3.05) is 13.2 Å². The first-order chi connectivity index (χ1) is 6.20. The molecule has 0 bridgehead atoms. The monoisotopic (exact) mass is 186 g/mol. The Bertz CT molecular complexity index is 178. The van der Waals surface area contributed by atoms with Crippen LogP contribution in [-0.2, 0) is 9.53 Å². The number of rotatable bonds is 6. The van der Waals surface area contributed by atoms with Gasteiger partial charge in [0.05, 0.1) is 6.61 Å². The molecule has 13 heavy (non-hydrogen) atoms. The van der Waals surface area contributed by atoms with Gasteiger partial charge in [-0.2, -0.15) is 0 Å². The van der Waals surface area contributed by atoms with E-state index in [9.17, 15) is 4.79 Å². The molecule has 0 aromatic rings. The second-order valence-electron chi connectivity index (χ2n) is 2.72. The fourth-order valence-electron chi connectivity index (χ4n) is 0.788. The number of carbonyl (C=O) groups excluding carboxylic acids is 1. The van der Waals surface area contributed by atoms with Gasteiger partial charge in [-0.3, -0.25) is 9.79 Å². The van der Waals surface area contributed by atoms with Crippen molar-refractivity contribution in [3.05, 3.63) is 0 Å². The second kappa shape index (κ2) is 7.58. The highest BCUT2D eigenvalue weighted by Crippen LogP contribution is 1.92. The SMILES string of the molecule is CCCCOC(=O)CC(N)=NCC. The van der Waals surface area contributed by atoms with Crippen LogP contribution in [0, 0.1) is 0 Å². The average molecular weight is 186 g/mol. The third-order valence-corrected chi connectivity index (χ3v) is 1.45. The van der Waals surface area contributed by atoms with Crippen molar-refractivity contribution in [2.45, 2.75) is 33.1 Å². The standard InChI is InChI=1S/C9H18N2O2/c1-3-5-6-13-9(12)7-8(10)11-4-2/h3-7H2,1-2H3,(H2,10,11). The highest BCUT2D eigenvalue weighted by molar-refractivity contribution is 5.96. The number of amidine groups is 1. The van der Waals surface area contributed by atoms with Crippen LogP contribution in [0.15, 0.2) is 4.99 Å². The van der Waals surface area contributed by atoms with E-state index in [1.54, 1.807) is 0 Å². The largest absolute Gasteiger partial charge is 0.465 e. The molecule has 0 fully saturated rings. The van der Waals surface area contributed by atoms with Crippen molar-refractivity contribution in [3.8, 4) is 0 Å². The fourth-order valence-corrected chi connectivity index (χ4v) is 0.788. The van der Waals surface area contributed by atoms with Crippen molar-refractivity contribution < 1.29 is 9.53 Å². The molecule has 0 aliphatic heterocycles. The van der Waals surface area contributed by atoms with E-state index in [0.29, 0.717) is 19.0 Å². The third kappa shape index (κ3) is 7.31. The van der Waals surface area contributed by atoms with E-state index in [1.807, 2.05) is 13.8 Å². The predicted octanol–water partition coefficient (Wildman–Crippen LogP) is 1.10. The number of nitrogens with two attached hydrogens (primary N) is 1. The van der Waals surface area contributed by atoms with Crippen LogP contribution in [-0.4, -0.2) is 25.0 Å². The number of hydrogen-bond donors (Lipinski definition) is 1. The lowest BCUT2D eigenvalue weighted by atomic mass is 10.3. The van der Waals surface area contributed by atoms with Gasteiger partial charge in [0.15, 0.2) is 0 Å². The summed E-state index contributed by atoms with van der Waals surface area (Å²) in [5.41, 5.74) is 5.44. The highest BCUT2D eigenvalue weighted by atomic mass is 16.5. The maximum atomic E-state index is 11.0. The molecule has 0 aliphatic rings. The summed E-state index contributed by atoms with van der Waals surface area (Å²) in [6, 6.07) is 0. The highest BCUT2D eigenvalue weighted by Gasteiger charge is 2.04. The Balaban J connectivity index is 3.56. The molecule has 2 N–H and O–H groups in total. The van der Waals surface area contributed by atoms with Gasteiger partial charge in [0.1, 0.15) is 12.3 Å². The van der Waals surface area contributed by atoms with Gasteiger partial charge in [-0.15, -0.1) is 0 Å². The van der Waals surface area contributed by atoms with E-state index in [4.69, 9.17) is 10.5 Å². The molecule has 0 rings (SSSR count). The lowest BCUT2D eigenvalue weighted by Gasteiger charge is -2.02. The summed E-state index contributed by atoms with van der Waals surface area (Å²) in [6.07, 6.45) is 2.03. The van der Waals surface area contributed by atoms with E-state index in [-0.39, 0.29) is 12.4 Å². The third-order valence-electron chi connectivity index (χ3n) is 1.45. The zero-order chi connectivity index (χ0) is 10.1. The van der Waals surface area contributed by atoms with Crippen LogP contribution >= 0.6 is 0 Å². The van der Waals surface area contributed by atoms with Crippen molar-refractivity contribution in [1.82, 2.24) is 0 Å². The number of nitrogens with zero attached hydrogens (tertiary/aromatic N) is 1. The predicted molar refractivity (Wildman–Crippen MR) is 52.6 cm³/mol. The van der Waals surface area contributed by atoms with Crippen LogP contribution < -0.4 is 5.73 Å². The van der Waals surface area contributed by atoms with Crippen LogP contribution in [0.1, 0.15) is 33.1 Å². The molecule has 0 unspecified atom stereocenters. The molecule has 4 heteroatoms. The van der Waals surface area contributed by atoms with Crippen LogP contribution in [0.2, 0.25) is 0 Å². The van der Waals surface area contributed by atoms with Gasteiger partial charge in [-0.25, -0.2) is 0 Å². The molecule has 0 saturated carbocycles. The van der Waals surface area contributed by atoms with Gasteiger partial charge in [0.25, 0.3) is 0 Å². The van der Waals surface area contributed by atoms with E-state index in [2.05, 4.69) is 4.99 Å². The Morgan fingerprint density at radius 3 is 2.69 bits per heavy atom. The molecule has 4 nitrogen and oxygen atoms in total. The summed E-state index contributed by atoms with van der Waals surface area (Å²) < 4.78 is 4.90. The van der Waals surface area contributed by atoms with Crippen molar-refractivity contribution in [2.24, 2.45) is 10.7 Å².